The molecule has 0 fully saturated rings. The molecule has 1 aromatic heterocycles. The van der Waals surface area contributed by atoms with Crippen molar-refractivity contribution in [2.75, 3.05) is 6.61 Å². The number of esters is 1. The normalized spacial score (nSPS) is 11.3. The molecule has 0 saturated carbocycles. The number of hydrogen-bond donors (Lipinski definition) is 0. The Balaban J connectivity index is 3.13. The summed E-state index contributed by atoms with van der Waals surface area (Å²) in [5.74, 6) is -0.826. The molecule has 0 amide bonds. The van der Waals surface area contributed by atoms with Gasteiger partial charge in [0.15, 0.2) is 0 Å². The van der Waals surface area contributed by atoms with Crippen LogP contribution in [0.1, 0.15) is 22.8 Å². The molecular weight excluding hydrogens is 291 g/mol. The Morgan fingerprint density at radius 2 is 2.19 bits per heavy atom. The van der Waals surface area contributed by atoms with E-state index in [9.17, 15) is 18.0 Å². The lowest BCUT2D eigenvalue weighted by atomic mass is 10.2. The van der Waals surface area contributed by atoms with Gasteiger partial charge >= 0.3 is 12.1 Å². The summed E-state index contributed by atoms with van der Waals surface area (Å²) < 4.78 is 41.6. The van der Waals surface area contributed by atoms with E-state index in [1.54, 1.807) is 6.92 Å². The molecule has 0 aromatic carbocycles. The van der Waals surface area contributed by atoms with Gasteiger partial charge in [-0.1, -0.05) is 0 Å². The van der Waals surface area contributed by atoms with Gasteiger partial charge in [0, 0.05) is 6.20 Å². The van der Waals surface area contributed by atoms with E-state index in [0.717, 1.165) is 6.20 Å². The van der Waals surface area contributed by atoms with Crippen LogP contribution < -0.4 is 0 Å². The van der Waals surface area contributed by atoms with Gasteiger partial charge in [-0.3, -0.25) is 0 Å². The summed E-state index contributed by atoms with van der Waals surface area (Å²) in [5, 5.41) is 0. The maximum atomic E-state index is 12.5. The third kappa shape index (κ3) is 2.94. The Morgan fingerprint density at radius 1 is 1.56 bits per heavy atom. The highest BCUT2D eigenvalue weighted by molar-refractivity contribution is 9.10. The molecule has 0 aliphatic heterocycles. The molecule has 7 heteroatoms. The third-order valence-corrected chi connectivity index (χ3v) is 2.29. The zero-order valence-electron chi connectivity index (χ0n) is 8.14. The van der Waals surface area contributed by atoms with Crippen molar-refractivity contribution < 1.29 is 22.7 Å². The Hall–Kier alpha value is -1.11. The van der Waals surface area contributed by atoms with Crippen molar-refractivity contribution in [3.05, 3.63) is 28.0 Å². The largest absolute Gasteiger partial charge is 0.462 e. The molecule has 0 aliphatic rings. The van der Waals surface area contributed by atoms with Gasteiger partial charge in [-0.25, -0.2) is 9.78 Å². The Labute approximate surface area is 97.8 Å². The molecule has 3 nitrogen and oxygen atoms in total. The Bertz CT molecular complexity index is 406. The number of carbonyl (C=O) groups is 1. The van der Waals surface area contributed by atoms with E-state index < -0.39 is 17.7 Å². The fraction of sp³-hybridized carbons (Fsp3) is 0.333. The average Bonchev–Trinajstić information content (AvgIpc) is 2.16. The van der Waals surface area contributed by atoms with E-state index in [1.165, 1.54) is 0 Å². The molecule has 1 aromatic rings. The highest BCUT2D eigenvalue weighted by atomic mass is 79.9. The molecule has 0 atom stereocenters. The Kier molecular flexibility index (Phi) is 3.90. The van der Waals surface area contributed by atoms with Crippen LogP contribution in [0, 0.1) is 0 Å². The summed E-state index contributed by atoms with van der Waals surface area (Å²) in [6, 6.07) is 0.703. The second kappa shape index (κ2) is 4.82. The quantitative estimate of drug-likeness (QED) is 0.622. The van der Waals surface area contributed by atoms with Crippen LogP contribution in [0.25, 0.3) is 0 Å². The molecule has 0 N–H and O–H groups in total. The topological polar surface area (TPSA) is 39.2 Å². The molecule has 0 bridgehead atoms. The van der Waals surface area contributed by atoms with Crippen LogP contribution in [0.3, 0.4) is 0 Å². The summed E-state index contributed by atoms with van der Waals surface area (Å²) in [7, 11) is 0. The van der Waals surface area contributed by atoms with Crippen molar-refractivity contribution >= 4 is 21.9 Å². The minimum absolute atomic E-state index is 0.0935. The van der Waals surface area contributed by atoms with Crippen LogP contribution in [0.15, 0.2) is 16.9 Å². The van der Waals surface area contributed by atoms with Gasteiger partial charge < -0.3 is 4.74 Å². The lowest BCUT2D eigenvalue weighted by Crippen LogP contribution is -2.11. The molecule has 0 saturated heterocycles. The van der Waals surface area contributed by atoms with Crippen LogP contribution >= 0.6 is 15.9 Å². The van der Waals surface area contributed by atoms with Crippen molar-refractivity contribution in [2.24, 2.45) is 0 Å². The molecule has 0 aliphatic carbocycles. The number of aromatic nitrogens is 1. The van der Waals surface area contributed by atoms with E-state index in [4.69, 9.17) is 0 Å². The highest BCUT2D eigenvalue weighted by Crippen LogP contribution is 2.34. The number of hydrogen-bond acceptors (Lipinski definition) is 3. The van der Waals surface area contributed by atoms with Gasteiger partial charge in [0.25, 0.3) is 0 Å². The molecule has 1 rings (SSSR count). The summed E-state index contributed by atoms with van der Waals surface area (Å²) in [6.45, 7) is 1.66. The minimum atomic E-state index is -4.56. The predicted octanol–water partition coefficient (Wildman–Crippen LogP) is 3.04. The van der Waals surface area contributed by atoms with Gasteiger partial charge in [-0.15, -0.1) is 0 Å². The van der Waals surface area contributed by atoms with Gasteiger partial charge in [0.05, 0.1) is 17.7 Å². The van der Waals surface area contributed by atoms with Crippen molar-refractivity contribution in [1.29, 1.82) is 0 Å². The van der Waals surface area contributed by atoms with Crippen LogP contribution in [-0.2, 0) is 10.9 Å². The molecule has 0 unspecified atom stereocenters. The standard InChI is InChI=1S/C9H7BrF3NO2/c1-2-16-8(15)5-3-6(9(11,12)13)7(10)14-4-5/h3-4H,2H2,1H3. The fourth-order valence-electron chi connectivity index (χ4n) is 0.973. The number of halogens is 4. The number of nitrogens with zero attached hydrogens (tertiary/aromatic N) is 1. The van der Waals surface area contributed by atoms with Gasteiger partial charge in [0.2, 0.25) is 0 Å². The summed E-state index contributed by atoms with van der Waals surface area (Å²) in [5.41, 5.74) is -1.23. The number of pyridine rings is 1. The monoisotopic (exact) mass is 297 g/mol. The summed E-state index contributed by atoms with van der Waals surface area (Å²) >= 11 is 2.67. The lowest BCUT2D eigenvalue weighted by molar-refractivity contribution is -0.138. The molecule has 88 valence electrons. The maximum Gasteiger partial charge on any atom is 0.419 e. The van der Waals surface area contributed by atoms with E-state index in [1.807, 2.05) is 0 Å². The van der Waals surface area contributed by atoms with Crippen LogP contribution in [0.4, 0.5) is 13.2 Å². The first kappa shape index (κ1) is 13.0. The maximum absolute atomic E-state index is 12.5. The van der Waals surface area contributed by atoms with Crippen LogP contribution in [0.2, 0.25) is 0 Å². The highest BCUT2D eigenvalue weighted by Gasteiger charge is 2.34. The van der Waals surface area contributed by atoms with E-state index in [0.29, 0.717) is 6.07 Å². The second-order valence-corrected chi connectivity index (χ2v) is 3.53. The summed E-state index contributed by atoms with van der Waals surface area (Å²) in [6.07, 6.45) is -3.54. The lowest BCUT2D eigenvalue weighted by Gasteiger charge is -2.09. The second-order valence-electron chi connectivity index (χ2n) is 2.78. The summed E-state index contributed by atoms with van der Waals surface area (Å²) in [4.78, 5) is 14.6. The van der Waals surface area contributed by atoms with E-state index in [-0.39, 0.29) is 16.8 Å². The van der Waals surface area contributed by atoms with Crippen molar-refractivity contribution in [2.45, 2.75) is 13.1 Å². The molecule has 0 spiro atoms. The number of rotatable bonds is 2. The third-order valence-electron chi connectivity index (χ3n) is 1.66. The number of alkyl halides is 3. The zero-order chi connectivity index (χ0) is 12.3. The van der Waals surface area contributed by atoms with Crippen LogP contribution in [0.5, 0.6) is 0 Å². The van der Waals surface area contributed by atoms with Crippen molar-refractivity contribution in [3.63, 3.8) is 0 Å². The van der Waals surface area contributed by atoms with Crippen LogP contribution in [-0.4, -0.2) is 17.6 Å². The van der Waals surface area contributed by atoms with Gasteiger partial charge in [0.1, 0.15) is 4.60 Å². The molecule has 1 heterocycles. The van der Waals surface area contributed by atoms with E-state index in [2.05, 4.69) is 25.7 Å². The molecule has 0 radical (unpaired) electrons. The van der Waals surface area contributed by atoms with Crippen molar-refractivity contribution in [1.82, 2.24) is 4.98 Å². The average molecular weight is 298 g/mol. The van der Waals surface area contributed by atoms with Gasteiger partial charge in [-0.05, 0) is 28.9 Å². The smallest absolute Gasteiger partial charge is 0.419 e. The predicted molar refractivity (Wildman–Crippen MR) is 52.9 cm³/mol. The first-order valence-corrected chi connectivity index (χ1v) is 5.05. The van der Waals surface area contributed by atoms with Crippen molar-refractivity contribution in [3.8, 4) is 0 Å². The van der Waals surface area contributed by atoms with Gasteiger partial charge in [-0.2, -0.15) is 13.2 Å². The molecular formula is C9H7BrF3NO2. The first-order valence-electron chi connectivity index (χ1n) is 4.26. The zero-order valence-corrected chi connectivity index (χ0v) is 9.72. The van der Waals surface area contributed by atoms with E-state index >= 15 is 0 Å². The number of carbonyl (C=O) groups excluding carboxylic acids is 1. The fourth-order valence-corrected chi connectivity index (χ4v) is 1.41. The SMILES string of the molecule is CCOC(=O)c1cnc(Br)c(C(F)(F)F)c1. The minimum Gasteiger partial charge on any atom is -0.462 e. The number of ether oxygens (including phenoxy) is 1. The first-order chi connectivity index (χ1) is 7.36. The molecule has 16 heavy (non-hydrogen) atoms. The Morgan fingerprint density at radius 3 is 2.69 bits per heavy atom.